The summed E-state index contributed by atoms with van der Waals surface area (Å²) in [5.41, 5.74) is 0. The normalized spacial score (nSPS) is 17.0. The summed E-state index contributed by atoms with van der Waals surface area (Å²) >= 11 is 0. The molecule has 3 atom stereocenters. The molecule has 1 saturated heterocycles. The minimum atomic E-state index is -1.02. The molecule has 3 unspecified atom stereocenters. The number of carbonyl (C=O) groups is 2. The second kappa shape index (κ2) is 26.5. The lowest BCUT2D eigenvalue weighted by atomic mass is 10.0. The van der Waals surface area contributed by atoms with Gasteiger partial charge in [0.25, 0.3) is 5.91 Å². The Balaban J connectivity index is 2.33. The van der Waals surface area contributed by atoms with Crippen LogP contribution in [0.5, 0.6) is 0 Å². The Morgan fingerprint density at radius 2 is 1.66 bits per heavy atom. The number of nitrogens with zero attached hydrogens (tertiary/aromatic N) is 1. The van der Waals surface area contributed by atoms with Crippen molar-refractivity contribution in [3.05, 3.63) is 12.5 Å². The monoisotopic (exact) mass is 588 g/mol. The molecule has 41 heavy (non-hydrogen) atoms. The molecule has 1 fully saturated rings. The van der Waals surface area contributed by atoms with Crippen molar-refractivity contribution in [3.63, 3.8) is 0 Å². The molecule has 1 aliphatic rings. The second-order valence-corrected chi connectivity index (χ2v) is 10.1. The van der Waals surface area contributed by atoms with Crippen molar-refractivity contribution in [2.75, 3.05) is 20.3 Å². The molecule has 0 aromatic heterocycles. The predicted octanol–water partition coefficient (Wildman–Crippen LogP) is 5.91. The van der Waals surface area contributed by atoms with Crippen molar-refractivity contribution in [1.82, 2.24) is 5.32 Å². The van der Waals surface area contributed by atoms with Crippen LogP contribution in [0.2, 0.25) is 0 Å². The fraction of sp³-hybridized carbons (Fsp3) is 0.828. The van der Waals surface area contributed by atoms with Gasteiger partial charge in [-0.3, -0.25) is 4.79 Å². The number of ether oxygens (including phenoxy) is 3. The van der Waals surface area contributed by atoms with Crippen LogP contribution in [0.1, 0.15) is 116 Å². The fourth-order valence-corrected chi connectivity index (χ4v) is 4.29. The zero-order valence-electron chi connectivity index (χ0n) is 25.0. The number of amides is 1. The molecule has 0 bridgehead atoms. The maximum Gasteiger partial charge on any atom is 0.328 e. The molecule has 0 spiro atoms. The highest BCUT2D eigenvalue weighted by Crippen LogP contribution is 2.15. The van der Waals surface area contributed by atoms with Crippen molar-refractivity contribution in [2.24, 2.45) is 4.99 Å². The van der Waals surface area contributed by atoms with Gasteiger partial charge in [-0.1, -0.05) is 71.1 Å². The van der Waals surface area contributed by atoms with Crippen molar-refractivity contribution in [1.29, 1.82) is 0 Å². The van der Waals surface area contributed by atoms with Crippen LogP contribution in [0.25, 0.3) is 0 Å². The molecule has 0 aliphatic carbocycles. The first kappa shape index (κ1) is 36.6. The average Bonchev–Trinajstić information content (AvgIpc) is 2.98. The van der Waals surface area contributed by atoms with Gasteiger partial charge in [0.1, 0.15) is 6.26 Å². The summed E-state index contributed by atoms with van der Waals surface area (Å²) in [6.45, 7) is 3.25. The number of carboxylic acid groups (broad SMARTS) is 1. The Morgan fingerprint density at radius 3 is 2.32 bits per heavy atom. The molecule has 0 aromatic carbocycles. The Bertz CT molecular complexity index is 701. The van der Waals surface area contributed by atoms with E-state index in [4.69, 9.17) is 24.0 Å². The molecule has 12 nitrogen and oxygen atoms in total. The molecule has 0 saturated carbocycles. The minimum absolute atomic E-state index is 0.303. The first-order chi connectivity index (χ1) is 20.1. The van der Waals surface area contributed by atoms with E-state index in [1.54, 1.807) is 0 Å². The van der Waals surface area contributed by atoms with Crippen LogP contribution < -0.4 is 5.32 Å². The zero-order chi connectivity index (χ0) is 29.8. The molecular weight excluding hydrogens is 536 g/mol. The molecule has 12 heteroatoms. The van der Waals surface area contributed by atoms with Crippen molar-refractivity contribution < 1.29 is 48.8 Å². The molecule has 1 amide bonds. The number of rotatable bonds is 27. The fourth-order valence-electron chi connectivity index (χ4n) is 4.29. The lowest BCUT2D eigenvalue weighted by Crippen LogP contribution is -2.37. The second-order valence-electron chi connectivity index (χ2n) is 10.1. The highest BCUT2D eigenvalue weighted by atomic mass is 17.7. The molecular formula is C29H52N2O10. The van der Waals surface area contributed by atoms with Gasteiger partial charge < -0.3 is 29.5 Å². The van der Waals surface area contributed by atoms with Gasteiger partial charge in [-0.05, 0) is 43.6 Å². The number of unbranched alkanes of at least 4 members (excludes halogenated alkanes) is 10. The smallest absolute Gasteiger partial charge is 0.328 e. The van der Waals surface area contributed by atoms with Crippen molar-refractivity contribution in [2.45, 2.75) is 135 Å². The van der Waals surface area contributed by atoms with E-state index in [9.17, 15) is 14.7 Å². The molecule has 0 radical (unpaired) electrons. The van der Waals surface area contributed by atoms with Gasteiger partial charge >= 0.3 is 5.97 Å². The molecule has 0 aromatic rings. The van der Waals surface area contributed by atoms with Crippen molar-refractivity contribution in [3.8, 4) is 0 Å². The van der Waals surface area contributed by atoms with Crippen LogP contribution in [0.4, 0.5) is 0 Å². The minimum Gasteiger partial charge on any atom is -0.487 e. The summed E-state index contributed by atoms with van der Waals surface area (Å²) in [6, 6.07) is -0.877. The van der Waals surface area contributed by atoms with Gasteiger partial charge in [0.05, 0.1) is 13.7 Å². The number of hydrogen-bond acceptors (Lipinski definition) is 10. The number of methoxy groups -OCH3 is 1. The third-order valence-corrected chi connectivity index (χ3v) is 6.65. The zero-order valence-corrected chi connectivity index (χ0v) is 25.0. The van der Waals surface area contributed by atoms with E-state index in [-0.39, 0.29) is 12.2 Å². The molecule has 1 aliphatic heterocycles. The van der Waals surface area contributed by atoms with E-state index >= 15 is 0 Å². The first-order valence-electron chi connectivity index (χ1n) is 15.2. The van der Waals surface area contributed by atoms with Gasteiger partial charge in [-0.15, -0.1) is 0 Å². The molecule has 238 valence electrons. The quantitative estimate of drug-likeness (QED) is 0.0297. The first-order valence-corrected chi connectivity index (χ1v) is 15.2. The number of carboxylic acids is 1. The Kier molecular flexibility index (Phi) is 23.7. The van der Waals surface area contributed by atoms with Crippen LogP contribution >= 0.6 is 0 Å². The summed E-state index contributed by atoms with van der Waals surface area (Å²) in [5, 5.41) is 21.2. The van der Waals surface area contributed by atoms with Crippen LogP contribution in [0, 0.1) is 0 Å². The highest BCUT2D eigenvalue weighted by Gasteiger charge is 2.21. The van der Waals surface area contributed by atoms with Gasteiger partial charge in [-0.2, -0.15) is 4.89 Å². The maximum atomic E-state index is 12.7. The van der Waals surface area contributed by atoms with Gasteiger partial charge in [0, 0.05) is 18.0 Å². The lowest BCUT2D eigenvalue weighted by Gasteiger charge is -2.21. The Morgan fingerprint density at radius 1 is 0.951 bits per heavy atom. The van der Waals surface area contributed by atoms with Gasteiger partial charge in [0.15, 0.2) is 31.1 Å². The van der Waals surface area contributed by atoms with E-state index in [2.05, 4.69) is 27.3 Å². The molecule has 2 N–H and O–H groups in total. The lowest BCUT2D eigenvalue weighted by molar-refractivity contribution is -0.627. The highest BCUT2D eigenvalue weighted by molar-refractivity contribution is 5.80. The topological polar surface area (TPSA) is 143 Å². The van der Waals surface area contributed by atoms with E-state index in [1.165, 1.54) is 58.3 Å². The van der Waals surface area contributed by atoms with E-state index < -0.39 is 18.1 Å². The van der Waals surface area contributed by atoms with E-state index in [0.717, 1.165) is 51.2 Å². The maximum absolute atomic E-state index is 12.7. The largest absolute Gasteiger partial charge is 0.487 e. The van der Waals surface area contributed by atoms with E-state index in [1.807, 2.05) is 0 Å². The number of nitrogens with one attached hydrogen (secondary N) is 1. The van der Waals surface area contributed by atoms with Gasteiger partial charge in [-0.25, -0.2) is 9.79 Å². The van der Waals surface area contributed by atoms with Gasteiger partial charge in [0.2, 0.25) is 0 Å². The third kappa shape index (κ3) is 21.0. The molecule has 1 heterocycles. The predicted molar refractivity (Wildman–Crippen MR) is 152 cm³/mol. The Hall–Kier alpha value is -2.41. The van der Waals surface area contributed by atoms with E-state index in [0.29, 0.717) is 38.8 Å². The summed E-state index contributed by atoms with van der Waals surface area (Å²) in [5.74, 6) is -1.36. The summed E-state index contributed by atoms with van der Waals surface area (Å²) in [7, 11) is 1.41. The van der Waals surface area contributed by atoms with Crippen LogP contribution in [-0.4, -0.2) is 62.1 Å². The van der Waals surface area contributed by atoms with Crippen LogP contribution in [0.3, 0.4) is 0 Å². The average molecular weight is 589 g/mol. The summed E-state index contributed by atoms with van der Waals surface area (Å²) in [6.07, 6.45) is 19.0. The molecule has 1 rings (SSSR count). The Labute approximate surface area is 244 Å². The van der Waals surface area contributed by atoms with Crippen molar-refractivity contribution >= 4 is 18.3 Å². The number of aliphatic imine (C=N–C) groups is 1. The summed E-state index contributed by atoms with van der Waals surface area (Å²) < 4.78 is 15.5. The number of carbonyl (C=O) groups excluding carboxylic acids is 1. The summed E-state index contributed by atoms with van der Waals surface area (Å²) in [4.78, 5) is 37.7. The number of hydrogen-bond donors (Lipinski definition) is 2. The van der Waals surface area contributed by atoms with Crippen LogP contribution in [0.15, 0.2) is 17.5 Å². The SMILES string of the molecule is CCCCCCCCCCCCC(OOOO/C=C\OC1CCCCO1)C(=O)NCCCCC(N=COC)C(=O)O. The third-order valence-electron chi connectivity index (χ3n) is 6.65. The number of aliphatic carboxylic acids is 1. The van der Waals surface area contributed by atoms with Crippen LogP contribution in [-0.2, 0) is 43.7 Å². The standard InChI is InChI=1S/C29H52N2O10/c1-3-4-5-6-7-8-9-10-11-12-18-26(39-41-40-38-23-22-37-27-19-14-16-21-36-27)28(32)30-20-15-13-17-25(29(33)34)31-24-35-2/h22-27H,3-21H2,1-2H3,(H,30,32)(H,33,34)/b23-22-,31-24?.